The fraction of sp³-hybridized carbons (Fsp3) is 0.556. The molecule has 0 radical (unpaired) electrons. The van der Waals surface area contributed by atoms with Crippen molar-refractivity contribution in [3.8, 4) is 0 Å². The Morgan fingerprint density at radius 1 is 1.56 bits per heavy atom. The summed E-state index contributed by atoms with van der Waals surface area (Å²) < 4.78 is 27.8. The lowest BCUT2D eigenvalue weighted by Crippen LogP contribution is -2.32. The second-order valence-electron chi connectivity index (χ2n) is 3.52. The Labute approximate surface area is 117 Å². The van der Waals surface area contributed by atoms with Crippen LogP contribution in [0.5, 0.6) is 0 Å². The normalized spacial score (nSPS) is 14.0. The molecule has 0 aromatic carbocycles. The number of nitrogens with one attached hydrogen (secondary N) is 1. The Balaban J connectivity index is 2.86. The van der Waals surface area contributed by atoms with Crippen LogP contribution >= 0.6 is 43.2 Å². The smallest absolute Gasteiger partial charge is 0.208 e. The molecule has 1 unspecified atom stereocenters. The number of halogens is 2. The van der Waals surface area contributed by atoms with E-state index in [1.54, 1.807) is 6.07 Å². The summed E-state index contributed by atoms with van der Waals surface area (Å²) in [5, 5.41) is 0.782. The molecule has 1 atom stereocenters. The van der Waals surface area contributed by atoms with Crippen molar-refractivity contribution in [1.82, 2.24) is 4.72 Å². The van der Waals surface area contributed by atoms with Crippen LogP contribution in [0.3, 0.4) is 0 Å². The summed E-state index contributed by atoms with van der Waals surface area (Å²) in [7, 11) is -3.37. The van der Waals surface area contributed by atoms with Gasteiger partial charge in [0.05, 0.1) is 3.79 Å². The van der Waals surface area contributed by atoms with Crippen molar-refractivity contribution in [3.63, 3.8) is 0 Å². The van der Waals surface area contributed by atoms with Gasteiger partial charge in [0.25, 0.3) is 0 Å². The summed E-state index contributed by atoms with van der Waals surface area (Å²) in [6, 6.07) is 1.61. The Bertz CT molecular complexity index is 437. The van der Waals surface area contributed by atoms with E-state index in [-0.39, 0.29) is 6.04 Å². The van der Waals surface area contributed by atoms with Crippen molar-refractivity contribution in [2.75, 3.05) is 5.33 Å². The topological polar surface area (TPSA) is 46.2 Å². The van der Waals surface area contributed by atoms with E-state index in [2.05, 4.69) is 36.6 Å². The van der Waals surface area contributed by atoms with Gasteiger partial charge in [-0.25, -0.2) is 13.1 Å². The number of aryl methyl sites for hydroxylation is 1. The second-order valence-corrected chi connectivity index (χ2v) is 8.63. The first-order valence-corrected chi connectivity index (χ1v) is 8.92. The highest BCUT2D eigenvalue weighted by molar-refractivity contribution is 9.11. The zero-order chi connectivity index (χ0) is 12.3. The van der Waals surface area contributed by atoms with Crippen LogP contribution in [-0.4, -0.2) is 19.8 Å². The summed E-state index contributed by atoms with van der Waals surface area (Å²) in [6.45, 7) is 3.73. The molecule has 0 saturated carbocycles. The van der Waals surface area contributed by atoms with Crippen LogP contribution in [0.1, 0.15) is 18.9 Å². The zero-order valence-corrected chi connectivity index (χ0v) is 13.8. The first-order valence-electron chi connectivity index (χ1n) is 4.71. The number of alkyl halides is 1. The molecule has 0 bridgehead atoms. The highest BCUT2D eigenvalue weighted by atomic mass is 79.9. The number of thiophene rings is 1. The van der Waals surface area contributed by atoms with Crippen LogP contribution in [0.2, 0.25) is 0 Å². The van der Waals surface area contributed by atoms with Gasteiger partial charge in [-0.2, -0.15) is 0 Å². The van der Waals surface area contributed by atoms with Crippen LogP contribution < -0.4 is 4.72 Å². The molecule has 92 valence electrons. The van der Waals surface area contributed by atoms with Crippen molar-refractivity contribution in [2.45, 2.75) is 30.5 Å². The van der Waals surface area contributed by atoms with Gasteiger partial charge in [-0.3, -0.25) is 0 Å². The Morgan fingerprint density at radius 2 is 2.19 bits per heavy atom. The molecule has 0 fully saturated rings. The molecule has 1 aromatic heterocycles. The van der Waals surface area contributed by atoms with Gasteiger partial charge < -0.3 is 0 Å². The first kappa shape index (κ1) is 14.6. The molecule has 0 amide bonds. The van der Waals surface area contributed by atoms with Crippen molar-refractivity contribution in [3.05, 3.63) is 15.4 Å². The monoisotopic (exact) mass is 389 g/mol. The van der Waals surface area contributed by atoms with Crippen molar-refractivity contribution in [1.29, 1.82) is 0 Å². The predicted octanol–water partition coefficient (Wildman–Crippen LogP) is 3.27. The van der Waals surface area contributed by atoms with E-state index >= 15 is 0 Å². The van der Waals surface area contributed by atoms with E-state index in [9.17, 15) is 8.42 Å². The van der Waals surface area contributed by atoms with Gasteiger partial charge in [0.2, 0.25) is 10.0 Å². The van der Waals surface area contributed by atoms with Gasteiger partial charge in [0, 0.05) is 11.4 Å². The molecule has 7 heteroatoms. The number of sulfonamides is 1. The predicted molar refractivity (Wildman–Crippen MR) is 75.0 cm³/mol. The van der Waals surface area contributed by atoms with E-state index in [0.29, 0.717) is 4.21 Å². The highest BCUT2D eigenvalue weighted by Crippen LogP contribution is 2.30. The lowest BCUT2D eigenvalue weighted by molar-refractivity contribution is 0.559. The summed E-state index contributed by atoms with van der Waals surface area (Å²) in [4.78, 5) is 0. The molecule has 0 aliphatic carbocycles. The average molecular weight is 391 g/mol. The maximum absolute atomic E-state index is 11.9. The molecule has 1 heterocycles. The lowest BCUT2D eigenvalue weighted by atomic mass is 10.3. The number of rotatable bonds is 5. The van der Waals surface area contributed by atoms with Crippen molar-refractivity contribution in [2.24, 2.45) is 0 Å². The number of hydrogen-bond donors (Lipinski definition) is 1. The number of hydrogen-bond acceptors (Lipinski definition) is 3. The third-order valence-corrected chi connectivity index (χ3v) is 6.66. The fourth-order valence-electron chi connectivity index (χ4n) is 1.11. The Hall–Kier alpha value is 0.570. The Kier molecular flexibility index (Phi) is 5.44. The zero-order valence-electron chi connectivity index (χ0n) is 8.96. The molecule has 3 nitrogen and oxygen atoms in total. The molecule has 16 heavy (non-hydrogen) atoms. The molecular weight excluding hydrogens is 378 g/mol. The Morgan fingerprint density at radius 3 is 2.62 bits per heavy atom. The summed E-state index contributed by atoms with van der Waals surface area (Å²) in [5.74, 6) is 0. The molecule has 0 spiro atoms. The fourth-order valence-corrected chi connectivity index (χ4v) is 5.32. The van der Waals surface area contributed by atoms with E-state index < -0.39 is 10.0 Å². The quantitative estimate of drug-likeness (QED) is 0.784. The van der Waals surface area contributed by atoms with Gasteiger partial charge in [-0.05, 0) is 47.8 Å². The highest BCUT2D eigenvalue weighted by Gasteiger charge is 2.20. The standard InChI is InChI=1S/C9H13Br2NO2S2/c1-6-5-8(15-9(6)11)16(13,14)12-7(2)3-4-10/h5,7,12H,3-4H2,1-2H3. The van der Waals surface area contributed by atoms with Gasteiger partial charge in [-0.1, -0.05) is 15.9 Å². The maximum atomic E-state index is 11.9. The molecule has 1 N–H and O–H groups in total. The first-order chi connectivity index (χ1) is 7.36. The lowest BCUT2D eigenvalue weighted by Gasteiger charge is -2.11. The van der Waals surface area contributed by atoms with E-state index in [1.807, 2.05) is 13.8 Å². The second kappa shape index (κ2) is 5.95. The minimum atomic E-state index is -3.37. The van der Waals surface area contributed by atoms with Gasteiger partial charge in [0.1, 0.15) is 4.21 Å². The molecular formula is C9H13Br2NO2S2. The third kappa shape index (κ3) is 3.80. The summed E-state index contributed by atoms with van der Waals surface area (Å²) >= 11 is 7.85. The van der Waals surface area contributed by atoms with Crippen molar-refractivity contribution < 1.29 is 8.42 Å². The van der Waals surface area contributed by atoms with Gasteiger partial charge in [-0.15, -0.1) is 11.3 Å². The third-order valence-electron chi connectivity index (χ3n) is 2.00. The van der Waals surface area contributed by atoms with Gasteiger partial charge in [0.15, 0.2) is 0 Å². The minimum Gasteiger partial charge on any atom is -0.208 e. The average Bonchev–Trinajstić information content (AvgIpc) is 2.47. The van der Waals surface area contributed by atoms with E-state index in [0.717, 1.165) is 21.1 Å². The van der Waals surface area contributed by atoms with Gasteiger partial charge >= 0.3 is 0 Å². The van der Waals surface area contributed by atoms with Crippen molar-refractivity contribution >= 4 is 53.2 Å². The van der Waals surface area contributed by atoms with E-state index in [4.69, 9.17) is 0 Å². The molecule has 1 rings (SSSR count). The van der Waals surface area contributed by atoms with Crippen LogP contribution in [-0.2, 0) is 10.0 Å². The van der Waals surface area contributed by atoms with Crippen LogP contribution in [0.4, 0.5) is 0 Å². The maximum Gasteiger partial charge on any atom is 0.250 e. The van der Waals surface area contributed by atoms with Crippen LogP contribution in [0, 0.1) is 6.92 Å². The van der Waals surface area contributed by atoms with Crippen LogP contribution in [0.25, 0.3) is 0 Å². The molecule has 1 aromatic rings. The van der Waals surface area contributed by atoms with E-state index in [1.165, 1.54) is 11.3 Å². The largest absolute Gasteiger partial charge is 0.250 e. The summed E-state index contributed by atoms with van der Waals surface area (Å²) in [6.07, 6.45) is 0.769. The minimum absolute atomic E-state index is 0.0643. The SMILES string of the molecule is Cc1cc(S(=O)(=O)NC(C)CCBr)sc1Br. The summed E-state index contributed by atoms with van der Waals surface area (Å²) in [5.41, 5.74) is 0.943. The molecule has 0 saturated heterocycles. The molecule has 0 aliphatic heterocycles. The van der Waals surface area contributed by atoms with Crippen LogP contribution in [0.15, 0.2) is 14.1 Å². The molecule has 0 aliphatic rings.